The largest absolute Gasteiger partial charge is 0.483 e. The first-order chi connectivity index (χ1) is 10.2. The number of aromatic nitrogens is 3. The maximum atomic E-state index is 13.7. The Morgan fingerprint density at radius 1 is 1.43 bits per heavy atom. The van der Waals surface area contributed by atoms with Crippen LogP contribution in [0.25, 0.3) is 0 Å². The molecule has 0 aliphatic rings. The summed E-state index contributed by atoms with van der Waals surface area (Å²) >= 11 is 0. The van der Waals surface area contributed by atoms with Crippen molar-refractivity contribution in [3.8, 4) is 17.6 Å². The number of hydrogen-bond acceptors (Lipinski definition) is 4. The van der Waals surface area contributed by atoms with E-state index in [0.29, 0.717) is 11.4 Å². The first kappa shape index (κ1) is 15.0. The Hall–Kier alpha value is -2.39. The van der Waals surface area contributed by atoms with Crippen molar-refractivity contribution in [2.45, 2.75) is 26.5 Å². The molecule has 2 rings (SSSR count). The van der Waals surface area contributed by atoms with Crippen molar-refractivity contribution in [3.63, 3.8) is 0 Å². The van der Waals surface area contributed by atoms with Crippen molar-refractivity contribution in [3.05, 3.63) is 41.7 Å². The second-order valence-corrected chi connectivity index (χ2v) is 4.29. The quantitative estimate of drug-likeness (QED) is 0.852. The van der Waals surface area contributed by atoms with E-state index in [1.165, 1.54) is 24.5 Å². The van der Waals surface area contributed by atoms with Crippen LogP contribution in [0, 0.1) is 17.7 Å². The standard InChI is InChI=1S/C15H16FN3O2/c1-2-7-19-15(17-11-18-19)10-21-14-9-12(4-3-8-20)5-6-13(14)16/h5-6,9,11,20H,2,7-8,10H2,1H3. The van der Waals surface area contributed by atoms with E-state index in [1.807, 2.05) is 6.92 Å². The van der Waals surface area contributed by atoms with Crippen LogP contribution in [-0.4, -0.2) is 26.5 Å². The Morgan fingerprint density at radius 3 is 3.05 bits per heavy atom. The lowest BCUT2D eigenvalue weighted by Gasteiger charge is -2.08. The van der Waals surface area contributed by atoms with Gasteiger partial charge in [-0.05, 0) is 24.6 Å². The summed E-state index contributed by atoms with van der Waals surface area (Å²) in [7, 11) is 0. The zero-order valence-corrected chi connectivity index (χ0v) is 11.7. The first-order valence-electron chi connectivity index (χ1n) is 6.63. The van der Waals surface area contributed by atoms with Gasteiger partial charge in [0.05, 0.1) is 0 Å². The van der Waals surface area contributed by atoms with Crippen LogP contribution in [0.2, 0.25) is 0 Å². The van der Waals surface area contributed by atoms with Crippen LogP contribution in [0.3, 0.4) is 0 Å². The zero-order chi connectivity index (χ0) is 15.1. The molecule has 0 amide bonds. The summed E-state index contributed by atoms with van der Waals surface area (Å²) in [6.07, 6.45) is 2.38. The summed E-state index contributed by atoms with van der Waals surface area (Å²) in [5.74, 6) is 5.49. The fourth-order valence-corrected chi connectivity index (χ4v) is 1.77. The van der Waals surface area contributed by atoms with Crippen LogP contribution in [-0.2, 0) is 13.2 Å². The number of aliphatic hydroxyl groups is 1. The van der Waals surface area contributed by atoms with Crippen molar-refractivity contribution in [2.24, 2.45) is 0 Å². The smallest absolute Gasteiger partial charge is 0.165 e. The highest BCUT2D eigenvalue weighted by molar-refractivity contribution is 5.40. The summed E-state index contributed by atoms with van der Waals surface area (Å²) in [6.45, 7) is 2.67. The molecule has 21 heavy (non-hydrogen) atoms. The van der Waals surface area contributed by atoms with Gasteiger partial charge in [0.2, 0.25) is 0 Å². The molecule has 1 N–H and O–H groups in total. The molecule has 2 aromatic rings. The Kier molecular flexibility index (Phi) is 5.29. The Morgan fingerprint density at radius 2 is 2.29 bits per heavy atom. The molecule has 0 fully saturated rings. The third kappa shape index (κ3) is 4.04. The molecule has 0 bridgehead atoms. The first-order valence-corrected chi connectivity index (χ1v) is 6.63. The van der Waals surface area contributed by atoms with Gasteiger partial charge in [-0.25, -0.2) is 14.1 Å². The average molecular weight is 289 g/mol. The predicted molar refractivity (Wildman–Crippen MR) is 75.0 cm³/mol. The highest BCUT2D eigenvalue weighted by Gasteiger charge is 2.08. The highest BCUT2D eigenvalue weighted by atomic mass is 19.1. The number of nitrogens with zero attached hydrogens (tertiary/aromatic N) is 3. The van der Waals surface area contributed by atoms with Crippen molar-refractivity contribution >= 4 is 0 Å². The van der Waals surface area contributed by atoms with Gasteiger partial charge in [-0.3, -0.25) is 0 Å². The van der Waals surface area contributed by atoms with Crippen LogP contribution >= 0.6 is 0 Å². The minimum absolute atomic E-state index is 0.103. The maximum Gasteiger partial charge on any atom is 0.165 e. The summed E-state index contributed by atoms with van der Waals surface area (Å²) in [4.78, 5) is 4.09. The van der Waals surface area contributed by atoms with Gasteiger partial charge in [0.25, 0.3) is 0 Å². The Bertz CT molecular complexity index is 658. The summed E-state index contributed by atoms with van der Waals surface area (Å²) in [5, 5.41) is 12.7. The van der Waals surface area contributed by atoms with Crippen molar-refractivity contribution in [1.82, 2.24) is 14.8 Å². The fourth-order valence-electron chi connectivity index (χ4n) is 1.77. The van der Waals surface area contributed by atoms with Gasteiger partial charge < -0.3 is 9.84 Å². The fraction of sp³-hybridized carbons (Fsp3) is 0.333. The molecule has 1 heterocycles. The molecule has 0 aliphatic heterocycles. The molecule has 0 unspecified atom stereocenters. The Labute approximate surface area is 122 Å². The molecule has 110 valence electrons. The lowest BCUT2D eigenvalue weighted by Crippen LogP contribution is -2.09. The van der Waals surface area contributed by atoms with Gasteiger partial charge in [-0.2, -0.15) is 5.10 Å². The lowest BCUT2D eigenvalue weighted by molar-refractivity contribution is 0.272. The van der Waals surface area contributed by atoms with Gasteiger partial charge in [0, 0.05) is 12.1 Å². The number of rotatable bonds is 5. The van der Waals surface area contributed by atoms with Gasteiger partial charge >= 0.3 is 0 Å². The summed E-state index contributed by atoms with van der Waals surface area (Å²) in [5.41, 5.74) is 0.579. The number of benzene rings is 1. The van der Waals surface area contributed by atoms with E-state index in [-0.39, 0.29) is 19.0 Å². The molecule has 5 nitrogen and oxygen atoms in total. The van der Waals surface area contributed by atoms with Crippen LogP contribution in [0.5, 0.6) is 5.75 Å². The van der Waals surface area contributed by atoms with Gasteiger partial charge in [-0.15, -0.1) is 0 Å². The zero-order valence-electron chi connectivity index (χ0n) is 11.7. The second kappa shape index (κ2) is 7.41. The van der Waals surface area contributed by atoms with E-state index in [0.717, 1.165) is 13.0 Å². The molecule has 0 radical (unpaired) electrons. The van der Waals surface area contributed by atoms with E-state index in [4.69, 9.17) is 9.84 Å². The normalized spacial score (nSPS) is 10.0. The van der Waals surface area contributed by atoms with E-state index < -0.39 is 5.82 Å². The third-order valence-corrected chi connectivity index (χ3v) is 2.73. The number of halogens is 1. The SMILES string of the molecule is CCCn1ncnc1COc1cc(C#CCO)ccc1F. The maximum absolute atomic E-state index is 13.7. The molecule has 6 heteroatoms. The number of ether oxygens (including phenoxy) is 1. The molecule has 0 aliphatic carbocycles. The van der Waals surface area contributed by atoms with Gasteiger partial charge in [0.15, 0.2) is 17.4 Å². The van der Waals surface area contributed by atoms with Crippen molar-refractivity contribution in [2.75, 3.05) is 6.61 Å². The van der Waals surface area contributed by atoms with Gasteiger partial charge in [-0.1, -0.05) is 18.8 Å². The van der Waals surface area contributed by atoms with Crippen LogP contribution in [0.15, 0.2) is 24.5 Å². The number of aryl methyl sites for hydroxylation is 1. The van der Waals surface area contributed by atoms with E-state index >= 15 is 0 Å². The monoisotopic (exact) mass is 289 g/mol. The van der Waals surface area contributed by atoms with E-state index in [2.05, 4.69) is 21.9 Å². The topological polar surface area (TPSA) is 60.2 Å². The minimum atomic E-state index is -0.467. The highest BCUT2D eigenvalue weighted by Crippen LogP contribution is 2.19. The molecule has 0 atom stereocenters. The summed E-state index contributed by atoms with van der Waals surface area (Å²) in [6, 6.07) is 4.32. The van der Waals surface area contributed by atoms with Crippen LogP contribution < -0.4 is 4.74 Å². The van der Waals surface area contributed by atoms with Crippen molar-refractivity contribution in [1.29, 1.82) is 0 Å². The minimum Gasteiger partial charge on any atom is -0.483 e. The van der Waals surface area contributed by atoms with Crippen LogP contribution in [0.4, 0.5) is 4.39 Å². The molecule has 1 aromatic heterocycles. The predicted octanol–water partition coefficient (Wildman–Crippen LogP) is 1.75. The van der Waals surface area contributed by atoms with Crippen molar-refractivity contribution < 1.29 is 14.2 Å². The van der Waals surface area contributed by atoms with E-state index in [9.17, 15) is 4.39 Å². The second-order valence-electron chi connectivity index (χ2n) is 4.29. The molecular formula is C15H16FN3O2. The van der Waals surface area contributed by atoms with E-state index in [1.54, 1.807) is 4.68 Å². The molecule has 1 aromatic carbocycles. The number of hydrogen-bond donors (Lipinski definition) is 1. The van der Waals surface area contributed by atoms with Crippen LogP contribution in [0.1, 0.15) is 24.7 Å². The number of aliphatic hydroxyl groups excluding tert-OH is 1. The average Bonchev–Trinajstić information content (AvgIpc) is 2.93. The molecular weight excluding hydrogens is 273 g/mol. The van der Waals surface area contributed by atoms with Gasteiger partial charge in [0.1, 0.15) is 19.5 Å². The molecule has 0 saturated carbocycles. The third-order valence-electron chi connectivity index (χ3n) is 2.73. The summed E-state index contributed by atoms with van der Waals surface area (Å²) < 4.78 is 20.9. The lowest BCUT2D eigenvalue weighted by atomic mass is 10.2. The molecule has 0 spiro atoms. The Balaban J connectivity index is 2.10. The molecule has 0 saturated heterocycles.